The summed E-state index contributed by atoms with van der Waals surface area (Å²) in [4.78, 5) is 1.20. The van der Waals surface area contributed by atoms with Gasteiger partial charge in [-0.1, -0.05) is 25.4 Å². The van der Waals surface area contributed by atoms with E-state index in [1.165, 1.54) is 11.3 Å². The molecule has 0 aliphatic rings. The van der Waals surface area contributed by atoms with Gasteiger partial charge in [-0.25, -0.2) is 0 Å². The second-order valence-electron chi connectivity index (χ2n) is 3.72. The summed E-state index contributed by atoms with van der Waals surface area (Å²) in [6.45, 7) is 4.43. The van der Waals surface area contributed by atoms with Crippen molar-refractivity contribution in [3.8, 4) is 0 Å². The average Bonchev–Trinajstić information content (AvgIpc) is 2.47. The molecule has 0 aliphatic heterocycles. The largest absolute Gasteiger partial charge is 0.323 e. The quantitative estimate of drug-likeness (QED) is 0.815. The van der Waals surface area contributed by atoms with E-state index >= 15 is 0 Å². The highest BCUT2D eigenvalue weighted by Crippen LogP contribution is 2.28. The molecule has 1 aromatic heterocycles. The lowest BCUT2D eigenvalue weighted by Crippen LogP contribution is -2.09. The molecule has 1 atom stereocenters. The molecule has 74 valence electrons. The molecule has 0 amide bonds. The highest BCUT2D eigenvalue weighted by molar-refractivity contribution is 7.16. The van der Waals surface area contributed by atoms with Crippen LogP contribution in [0.2, 0.25) is 4.34 Å². The van der Waals surface area contributed by atoms with Crippen molar-refractivity contribution in [1.82, 2.24) is 0 Å². The predicted octanol–water partition coefficient (Wildman–Crippen LogP) is 3.84. The summed E-state index contributed by atoms with van der Waals surface area (Å²) in [6.07, 6.45) is 2.23. The van der Waals surface area contributed by atoms with Crippen molar-refractivity contribution < 1.29 is 0 Å². The zero-order valence-electron chi connectivity index (χ0n) is 8.09. The van der Waals surface area contributed by atoms with Gasteiger partial charge in [0.15, 0.2) is 0 Å². The first-order chi connectivity index (χ1) is 6.09. The Morgan fingerprint density at radius 1 is 1.38 bits per heavy atom. The van der Waals surface area contributed by atoms with Crippen LogP contribution in [-0.4, -0.2) is 0 Å². The van der Waals surface area contributed by atoms with Gasteiger partial charge in [-0.15, -0.1) is 11.3 Å². The van der Waals surface area contributed by atoms with Gasteiger partial charge in [-0.3, -0.25) is 0 Å². The Balaban J connectivity index is 2.44. The smallest absolute Gasteiger partial charge is 0.0931 e. The van der Waals surface area contributed by atoms with Crippen LogP contribution in [0.25, 0.3) is 0 Å². The molecular formula is C10H16ClNS. The number of thiophene rings is 1. The van der Waals surface area contributed by atoms with E-state index in [0.717, 1.165) is 16.7 Å². The van der Waals surface area contributed by atoms with Crippen LogP contribution in [0.3, 0.4) is 0 Å². The molecule has 0 bridgehead atoms. The van der Waals surface area contributed by atoms with E-state index in [-0.39, 0.29) is 6.04 Å². The molecular weight excluding hydrogens is 202 g/mol. The summed E-state index contributed by atoms with van der Waals surface area (Å²) in [5.74, 6) is 0.724. The van der Waals surface area contributed by atoms with Crippen molar-refractivity contribution in [2.45, 2.75) is 32.7 Å². The second-order valence-corrected chi connectivity index (χ2v) is 5.47. The highest BCUT2D eigenvalue weighted by Gasteiger charge is 2.08. The summed E-state index contributed by atoms with van der Waals surface area (Å²) >= 11 is 7.42. The first-order valence-electron chi connectivity index (χ1n) is 4.60. The summed E-state index contributed by atoms with van der Waals surface area (Å²) < 4.78 is 0.829. The molecule has 1 nitrogen and oxygen atoms in total. The lowest BCUT2D eigenvalue weighted by atomic mass is 10.0. The van der Waals surface area contributed by atoms with Crippen molar-refractivity contribution in [3.63, 3.8) is 0 Å². The molecule has 1 aromatic rings. The number of rotatable bonds is 4. The zero-order chi connectivity index (χ0) is 9.84. The van der Waals surface area contributed by atoms with Gasteiger partial charge in [-0.05, 0) is 30.9 Å². The molecule has 13 heavy (non-hydrogen) atoms. The fraction of sp³-hybridized carbons (Fsp3) is 0.600. The van der Waals surface area contributed by atoms with Gasteiger partial charge < -0.3 is 5.73 Å². The first-order valence-corrected chi connectivity index (χ1v) is 5.80. The van der Waals surface area contributed by atoms with E-state index in [1.54, 1.807) is 11.3 Å². The van der Waals surface area contributed by atoms with Gasteiger partial charge in [0.25, 0.3) is 0 Å². The van der Waals surface area contributed by atoms with Crippen LogP contribution in [0.15, 0.2) is 12.1 Å². The van der Waals surface area contributed by atoms with Crippen LogP contribution in [0, 0.1) is 5.92 Å². The van der Waals surface area contributed by atoms with Crippen molar-refractivity contribution >= 4 is 22.9 Å². The van der Waals surface area contributed by atoms with E-state index < -0.39 is 0 Å². The van der Waals surface area contributed by atoms with Crippen molar-refractivity contribution in [2.75, 3.05) is 0 Å². The number of hydrogen-bond acceptors (Lipinski definition) is 2. The summed E-state index contributed by atoms with van der Waals surface area (Å²) in [7, 11) is 0. The molecule has 0 aliphatic carbocycles. The normalized spacial score (nSPS) is 13.6. The molecule has 2 N–H and O–H groups in total. The summed E-state index contributed by atoms with van der Waals surface area (Å²) in [6, 6.07) is 4.11. The molecule has 0 unspecified atom stereocenters. The third kappa shape index (κ3) is 3.67. The van der Waals surface area contributed by atoms with Gasteiger partial charge in [-0.2, -0.15) is 0 Å². The number of halogens is 1. The number of nitrogens with two attached hydrogens (primary N) is 1. The van der Waals surface area contributed by atoms with Crippen LogP contribution < -0.4 is 5.73 Å². The fourth-order valence-corrected chi connectivity index (χ4v) is 2.28. The highest BCUT2D eigenvalue weighted by atomic mass is 35.5. The van der Waals surface area contributed by atoms with Gasteiger partial charge >= 0.3 is 0 Å². The summed E-state index contributed by atoms with van der Waals surface area (Å²) in [5, 5.41) is 0. The lowest BCUT2D eigenvalue weighted by molar-refractivity contribution is 0.510. The second kappa shape index (κ2) is 4.99. The van der Waals surface area contributed by atoms with Crippen LogP contribution in [0.1, 0.15) is 37.6 Å². The van der Waals surface area contributed by atoms with Gasteiger partial charge in [0, 0.05) is 10.9 Å². The van der Waals surface area contributed by atoms with Crippen molar-refractivity contribution in [1.29, 1.82) is 0 Å². The maximum atomic E-state index is 6.01. The topological polar surface area (TPSA) is 26.0 Å². The fourth-order valence-electron chi connectivity index (χ4n) is 1.18. The van der Waals surface area contributed by atoms with Gasteiger partial charge in [0.2, 0.25) is 0 Å². The Kier molecular flexibility index (Phi) is 4.23. The third-order valence-electron chi connectivity index (χ3n) is 2.01. The standard InChI is InChI=1S/C10H16ClNS/c1-7(2)3-4-8(12)9-5-6-10(11)13-9/h5-8H,3-4,12H2,1-2H3/t8-/m0/s1. The van der Waals surface area contributed by atoms with Crippen LogP contribution >= 0.6 is 22.9 Å². The Hall–Kier alpha value is -0.0500. The van der Waals surface area contributed by atoms with E-state index in [2.05, 4.69) is 13.8 Å². The molecule has 1 rings (SSSR count). The lowest BCUT2D eigenvalue weighted by Gasteiger charge is -2.10. The minimum Gasteiger partial charge on any atom is -0.323 e. The van der Waals surface area contributed by atoms with Gasteiger partial charge in [0.05, 0.1) is 4.34 Å². The van der Waals surface area contributed by atoms with E-state index in [4.69, 9.17) is 17.3 Å². The minimum atomic E-state index is 0.167. The van der Waals surface area contributed by atoms with E-state index in [1.807, 2.05) is 12.1 Å². The molecule has 1 heterocycles. The molecule has 0 saturated carbocycles. The monoisotopic (exact) mass is 217 g/mol. The van der Waals surface area contributed by atoms with Crippen LogP contribution in [0.5, 0.6) is 0 Å². The Morgan fingerprint density at radius 2 is 2.08 bits per heavy atom. The molecule has 0 radical (unpaired) electrons. The molecule has 0 fully saturated rings. The maximum Gasteiger partial charge on any atom is 0.0931 e. The Bertz CT molecular complexity index is 257. The molecule has 0 aromatic carbocycles. The number of hydrogen-bond donors (Lipinski definition) is 1. The Labute approximate surface area is 88.9 Å². The molecule has 3 heteroatoms. The third-order valence-corrected chi connectivity index (χ3v) is 3.38. The maximum absolute atomic E-state index is 6.01. The Morgan fingerprint density at radius 3 is 2.54 bits per heavy atom. The minimum absolute atomic E-state index is 0.167. The van der Waals surface area contributed by atoms with Gasteiger partial charge in [0.1, 0.15) is 0 Å². The van der Waals surface area contributed by atoms with Crippen molar-refractivity contribution in [2.24, 2.45) is 11.7 Å². The van der Waals surface area contributed by atoms with Crippen LogP contribution in [0.4, 0.5) is 0 Å². The zero-order valence-corrected chi connectivity index (χ0v) is 9.66. The van der Waals surface area contributed by atoms with E-state index in [9.17, 15) is 0 Å². The SMILES string of the molecule is CC(C)CC[C@H](N)c1ccc(Cl)s1. The van der Waals surface area contributed by atoms with Crippen molar-refractivity contribution in [3.05, 3.63) is 21.3 Å². The molecule has 0 saturated heterocycles. The first kappa shape index (κ1) is 11.0. The molecule has 0 spiro atoms. The van der Waals surface area contributed by atoms with E-state index in [0.29, 0.717) is 0 Å². The average molecular weight is 218 g/mol. The predicted molar refractivity (Wildman–Crippen MR) is 60.3 cm³/mol. The summed E-state index contributed by atoms with van der Waals surface area (Å²) in [5.41, 5.74) is 6.01. The van der Waals surface area contributed by atoms with Crippen LogP contribution in [-0.2, 0) is 0 Å².